The predicted octanol–water partition coefficient (Wildman–Crippen LogP) is 0.764. The second kappa shape index (κ2) is 5.28. The summed E-state index contributed by atoms with van der Waals surface area (Å²) in [5.74, 6) is 0. The topological polar surface area (TPSA) is 18.5 Å². The van der Waals surface area contributed by atoms with Crippen molar-refractivity contribution in [2.45, 2.75) is 38.3 Å². The van der Waals surface area contributed by atoms with Crippen LogP contribution in [0, 0.1) is 0 Å². The van der Waals surface area contributed by atoms with Crippen molar-refractivity contribution in [3.63, 3.8) is 0 Å². The van der Waals surface area contributed by atoms with Gasteiger partial charge in [-0.05, 0) is 45.9 Å². The van der Waals surface area contributed by atoms with E-state index in [2.05, 4.69) is 29.1 Å². The Hall–Kier alpha value is -0.120. The molecule has 1 N–H and O–H groups in total. The molecule has 88 valence electrons. The van der Waals surface area contributed by atoms with Crippen molar-refractivity contribution in [3.8, 4) is 0 Å². The number of hydrogen-bond donors (Lipinski definition) is 1. The highest BCUT2D eigenvalue weighted by Gasteiger charge is 2.29. The molecule has 0 radical (unpaired) electrons. The van der Waals surface area contributed by atoms with E-state index in [1.165, 1.54) is 52.0 Å². The van der Waals surface area contributed by atoms with Gasteiger partial charge < -0.3 is 10.2 Å². The minimum atomic E-state index is 0.823. The molecule has 1 unspecified atom stereocenters. The molecule has 15 heavy (non-hydrogen) atoms. The quantitative estimate of drug-likeness (QED) is 0.744. The lowest BCUT2D eigenvalue weighted by Crippen LogP contribution is -2.59. The van der Waals surface area contributed by atoms with Crippen LogP contribution in [0.3, 0.4) is 0 Å². The number of likely N-dealkylation sites (tertiary alicyclic amines) is 1. The van der Waals surface area contributed by atoms with Gasteiger partial charge in [-0.15, -0.1) is 0 Å². The number of likely N-dealkylation sites (N-methyl/N-ethyl adjacent to an activating group) is 1. The van der Waals surface area contributed by atoms with Crippen LogP contribution in [0.4, 0.5) is 0 Å². The van der Waals surface area contributed by atoms with Gasteiger partial charge in [0.2, 0.25) is 0 Å². The van der Waals surface area contributed by atoms with Crippen LogP contribution in [0.2, 0.25) is 0 Å². The summed E-state index contributed by atoms with van der Waals surface area (Å²) in [6.07, 6.45) is 4.13. The second-order valence-corrected chi connectivity index (χ2v) is 5.03. The van der Waals surface area contributed by atoms with E-state index in [-0.39, 0.29) is 0 Å². The molecule has 3 nitrogen and oxygen atoms in total. The Labute approximate surface area is 93.8 Å². The summed E-state index contributed by atoms with van der Waals surface area (Å²) in [6.45, 7) is 8.52. The van der Waals surface area contributed by atoms with Crippen molar-refractivity contribution in [3.05, 3.63) is 0 Å². The standard InChI is InChI=1S/C12H25N3/c1-3-15(12-9-13-10-12)11-5-4-7-14(2)8-6-11/h11-13H,3-10H2,1-2H3. The number of rotatable bonds is 3. The Kier molecular flexibility index (Phi) is 4.00. The van der Waals surface area contributed by atoms with Crippen molar-refractivity contribution in [2.75, 3.05) is 39.8 Å². The smallest absolute Gasteiger partial charge is 0.0348 e. The van der Waals surface area contributed by atoms with E-state index in [1.807, 2.05) is 0 Å². The Morgan fingerprint density at radius 3 is 2.60 bits per heavy atom. The van der Waals surface area contributed by atoms with Crippen LogP contribution in [0.15, 0.2) is 0 Å². The van der Waals surface area contributed by atoms with Gasteiger partial charge in [0, 0.05) is 25.2 Å². The van der Waals surface area contributed by atoms with Crippen LogP contribution in [0.5, 0.6) is 0 Å². The lowest BCUT2D eigenvalue weighted by Gasteiger charge is -2.42. The summed E-state index contributed by atoms with van der Waals surface area (Å²) in [7, 11) is 2.25. The average molecular weight is 211 g/mol. The summed E-state index contributed by atoms with van der Waals surface area (Å²) in [5.41, 5.74) is 0. The largest absolute Gasteiger partial charge is 0.314 e. The highest BCUT2D eigenvalue weighted by molar-refractivity contribution is 4.89. The van der Waals surface area contributed by atoms with E-state index >= 15 is 0 Å². The first-order valence-corrected chi connectivity index (χ1v) is 6.46. The zero-order valence-corrected chi connectivity index (χ0v) is 10.2. The van der Waals surface area contributed by atoms with E-state index < -0.39 is 0 Å². The van der Waals surface area contributed by atoms with Gasteiger partial charge in [0.05, 0.1) is 0 Å². The Bertz CT molecular complexity index is 191. The minimum absolute atomic E-state index is 0.823. The van der Waals surface area contributed by atoms with Crippen LogP contribution in [0.25, 0.3) is 0 Å². The maximum Gasteiger partial charge on any atom is 0.0348 e. The Morgan fingerprint density at radius 1 is 1.20 bits per heavy atom. The van der Waals surface area contributed by atoms with E-state index in [0.29, 0.717) is 0 Å². The molecule has 0 bridgehead atoms. The summed E-state index contributed by atoms with van der Waals surface area (Å²) in [4.78, 5) is 5.21. The van der Waals surface area contributed by atoms with Crippen molar-refractivity contribution in [2.24, 2.45) is 0 Å². The normalized spacial score (nSPS) is 30.2. The zero-order chi connectivity index (χ0) is 10.7. The third-order valence-electron chi connectivity index (χ3n) is 3.98. The molecule has 0 aromatic carbocycles. The first kappa shape index (κ1) is 11.4. The fraction of sp³-hybridized carbons (Fsp3) is 1.00. The van der Waals surface area contributed by atoms with Crippen molar-refractivity contribution in [1.29, 1.82) is 0 Å². The third kappa shape index (κ3) is 2.71. The van der Waals surface area contributed by atoms with E-state index in [0.717, 1.165) is 12.1 Å². The SMILES string of the molecule is CCN(C1CCCN(C)CC1)C1CNC1. The monoisotopic (exact) mass is 211 g/mol. The lowest BCUT2D eigenvalue weighted by molar-refractivity contribution is 0.0922. The fourth-order valence-corrected chi connectivity index (χ4v) is 2.88. The number of hydrogen-bond acceptors (Lipinski definition) is 3. The Morgan fingerprint density at radius 2 is 2.00 bits per heavy atom. The lowest BCUT2D eigenvalue weighted by atomic mass is 10.0. The molecule has 0 aromatic rings. The fourth-order valence-electron chi connectivity index (χ4n) is 2.88. The van der Waals surface area contributed by atoms with Crippen LogP contribution >= 0.6 is 0 Å². The van der Waals surface area contributed by atoms with Crippen molar-refractivity contribution < 1.29 is 0 Å². The van der Waals surface area contributed by atoms with Crippen LogP contribution < -0.4 is 5.32 Å². The van der Waals surface area contributed by atoms with Gasteiger partial charge in [-0.3, -0.25) is 4.90 Å². The Balaban J connectivity index is 1.88. The van der Waals surface area contributed by atoms with E-state index in [4.69, 9.17) is 0 Å². The third-order valence-corrected chi connectivity index (χ3v) is 3.98. The number of nitrogens with zero attached hydrogens (tertiary/aromatic N) is 2. The van der Waals surface area contributed by atoms with E-state index in [9.17, 15) is 0 Å². The molecular weight excluding hydrogens is 186 g/mol. The molecule has 2 rings (SSSR count). The first-order valence-electron chi connectivity index (χ1n) is 6.46. The summed E-state index contributed by atoms with van der Waals surface area (Å²) in [5, 5.41) is 3.39. The molecule has 0 aliphatic carbocycles. The molecule has 0 aromatic heterocycles. The van der Waals surface area contributed by atoms with Gasteiger partial charge in [-0.1, -0.05) is 6.92 Å². The molecule has 0 amide bonds. The van der Waals surface area contributed by atoms with Gasteiger partial charge in [0.1, 0.15) is 0 Å². The summed E-state index contributed by atoms with van der Waals surface area (Å²) < 4.78 is 0. The minimum Gasteiger partial charge on any atom is -0.314 e. The van der Waals surface area contributed by atoms with Gasteiger partial charge in [0.15, 0.2) is 0 Å². The molecule has 2 aliphatic rings. The van der Waals surface area contributed by atoms with Gasteiger partial charge in [0.25, 0.3) is 0 Å². The van der Waals surface area contributed by atoms with E-state index in [1.54, 1.807) is 0 Å². The number of nitrogens with one attached hydrogen (secondary N) is 1. The zero-order valence-electron chi connectivity index (χ0n) is 10.2. The van der Waals surface area contributed by atoms with Gasteiger partial charge in [-0.25, -0.2) is 0 Å². The summed E-state index contributed by atoms with van der Waals surface area (Å²) >= 11 is 0. The molecular formula is C12H25N3. The van der Waals surface area contributed by atoms with Crippen molar-refractivity contribution >= 4 is 0 Å². The predicted molar refractivity (Wildman–Crippen MR) is 64.2 cm³/mol. The molecule has 1 atom stereocenters. The highest BCUT2D eigenvalue weighted by atomic mass is 15.3. The molecule has 2 heterocycles. The van der Waals surface area contributed by atoms with Crippen LogP contribution in [0.1, 0.15) is 26.2 Å². The molecule has 2 saturated heterocycles. The molecule has 2 fully saturated rings. The maximum atomic E-state index is 3.39. The van der Waals surface area contributed by atoms with Gasteiger partial charge in [-0.2, -0.15) is 0 Å². The summed E-state index contributed by atoms with van der Waals surface area (Å²) in [6, 6.07) is 1.66. The highest BCUT2D eigenvalue weighted by Crippen LogP contribution is 2.19. The molecule has 0 saturated carbocycles. The van der Waals surface area contributed by atoms with Gasteiger partial charge >= 0.3 is 0 Å². The molecule has 3 heteroatoms. The molecule has 0 spiro atoms. The van der Waals surface area contributed by atoms with Crippen LogP contribution in [-0.4, -0.2) is 61.7 Å². The van der Waals surface area contributed by atoms with Crippen LogP contribution in [-0.2, 0) is 0 Å². The van der Waals surface area contributed by atoms with Crippen molar-refractivity contribution in [1.82, 2.24) is 15.1 Å². The molecule has 2 aliphatic heterocycles. The first-order chi connectivity index (χ1) is 7.31. The second-order valence-electron chi connectivity index (χ2n) is 5.03. The maximum absolute atomic E-state index is 3.39. The average Bonchev–Trinajstić information content (AvgIpc) is 2.36.